The molecule has 1 aromatic rings. The fraction of sp³-hybridized carbons (Fsp3) is 0.533. The Morgan fingerprint density at radius 2 is 2.14 bits per heavy atom. The predicted octanol–water partition coefficient (Wildman–Crippen LogP) is 2.71. The zero-order valence-corrected chi connectivity index (χ0v) is 13.3. The fourth-order valence-corrected chi connectivity index (χ4v) is 3.06. The molecule has 1 amide bonds. The van der Waals surface area contributed by atoms with Crippen molar-refractivity contribution in [1.82, 2.24) is 10.2 Å². The number of halogens is 1. The van der Waals surface area contributed by atoms with Crippen LogP contribution in [0.3, 0.4) is 0 Å². The van der Waals surface area contributed by atoms with E-state index in [1.807, 2.05) is 7.05 Å². The maximum Gasteiger partial charge on any atom is 0.283 e. The summed E-state index contributed by atoms with van der Waals surface area (Å²) in [6.07, 6.45) is 2.93. The first-order valence-electron chi connectivity index (χ1n) is 7.41. The van der Waals surface area contributed by atoms with Crippen LogP contribution in [-0.2, 0) is 0 Å². The number of benzene rings is 1. The van der Waals surface area contributed by atoms with E-state index in [1.54, 1.807) is 4.90 Å². The molecule has 0 saturated carbocycles. The van der Waals surface area contributed by atoms with E-state index < -0.39 is 4.92 Å². The summed E-state index contributed by atoms with van der Waals surface area (Å²) in [4.78, 5) is 24.8. The monoisotopic (exact) mass is 325 g/mol. The van der Waals surface area contributed by atoms with Gasteiger partial charge in [-0.25, -0.2) is 0 Å². The van der Waals surface area contributed by atoms with Crippen molar-refractivity contribution in [2.24, 2.45) is 5.92 Å². The van der Waals surface area contributed by atoms with E-state index in [4.69, 9.17) is 11.6 Å². The fourth-order valence-electron chi connectivity index (χ4n) is 2.81. The summed E-state index contributed by atoms with van der Waals surface area (Å²) in [6, 6.07) is 4.32. The lowest BCUT2D eigenvalue weighted by atomic mass is 9.93. The van der Waals surface area contributed by atoms with Gasteiger partial charge in [0.1, 0.15) is 5.56 Å². The Hall–Kier alpha value is -1.66. The molecule has 2 rings (SSSR count). The number of nitro groups is 1. The molecular weight excluding hydrogens is 306 g/mol. The minimum Gasteiger partial charge on any atom is -0.338 e. The number of amides is 1. The molecule has 1 aliphatic heterocycles. The SMILES string of the molecule is CNCCC1CCN(C(=O)c2c(Cl)cccc2[N+](=O)[O-])CC1. The van der Waals surface area contributed by atoms with Gasteiger partial charge in [0.15, 0.2) is 0 Å². The van der Waals surface area contributed by atoms with Crippen LogP contribution >= 0.6 is 11.6 Å². The number of carbonyl (C=O) groups is 1. The average molecular weight is 326 g/mol. The van der Waals surface area contributed by atoms with Gasteiger partial charge in [0, 0.05) is 19.2 Å². The first-order valence-corrected chi connectivity index (χ1v) is 7.79. The van der Waals surface area contributed by atoms with E-state index >= 15 is 0 Å². The molecule has 1 N–H and O–H groups in total. The van der Waals surface area contributed by atoms with Gasteiger partial charge >= 0.3 is 0 Å². The number of piperidine rings is 1. The minimum absolute atomic E-state index is 0.00263. The summed E-state index contributed by atoms with van der Waals surface area (Å²) in [5.74, 6) is 0.252. The molecule has 0 spiro atoms. The Labute approximate surface area is 134 Å². The van der Waals surface area contributed by atoms with Gasteiger partial charge in [-0.1, -0.05) is 17.7 Å². The van der Waals surface area contributed by atoms with Crippen LogP contribution in [0, 0.1) is 16.0 Å². The quantitative estimate of drug-likeness (QED) is 0.667. The summed E-state index contributed by atoms with van der Waals surface area (Å²) in [7, 11) is 1.93. The molecule has 0 aromatic heterocycles. The van der Waals surface area contributed by atoms with Crippen LogP contribution < -0.4 is 5.32 Å². The van der Waals surface area contributed by atoms with Crippen LogP contribution in [0.5, 0.6) is 0 Å². The Bertz CT molecular complexity index is 557. The highest BCUT2D eigenvalue weighted by Crippen LogP contribution is 2.29. The zero-order chi connectivity index (χ0) is 16.1. The van der Waals surface area contributed by atoms with Crippen molar-refractivity contribution in [3.05, 3.63) is 38.9 Å². The minimum atomic E-state index is -0.557. The van der Waals surface area contributed by atoms with Crippen molar-refractivity contribution in [3.63, 3.8) is 0 Å². The molecule has 1 fully saturated rings. The lowest BCUT2D eigenvalue weighted by molar-refractivity contribution is -0.385. The van der Waals surface area contributed by atoms with Crippen LogP contribution in [0.2, 0.25) is 5.02 Å². The molecule has 0 unspecified atom stereocenters. The molecule has 6 nitrogen and oxygen atoms in total. The Morgan fingerprint density at radius 3 is 2.73 bits per heavy atom. The standard InChI is InChI=1S/C15H20ClN3O3/c1-17-8-5-11-6-9-18(10-7-11)15(20)14-12(16)3-2-4-13(14)19(21)22/h2-4,11,17H,5-10H2,1H3. The number of rotatable bonds is 5. The zero-order valence-electron chi connectivity index (χ0n) is 12.5. The van der Waals surface area contributed by atoms with Crippen molar-refractivity contribution in [1.29, 1.82) is 0 Å². The smallest absolute Gasteiger partial charge is 0.283 e. The molecule has 0 aliphatic carbocycles. The maximum atomic E-state index is 12.6. The van der Waals surface area contributed by atoms with E-state index in [0.29, 0.717) is 19.0 Å². The number of nitrogens with zero attached hydrogens (tertiary/aromatic N) is 2. The summed E-state index contributed by atoms with van der Waals surface area (Å²) >= 11 is 6.02. The van der Waals surface area contributed by atoms with Gasteiger partial charge in [0.2, 0.25) is 0 Å². The molecular formula is C15H20ClN3O3. The third kappa shape index (κ3) is 3.75. The Kier molecular flexibility index (Phi) is 5.74. The van der Waals surface area contributed by atoms with Gasteiger partial charge in [-0.05, 0) is 44.8 Å². The number of hydrogen-bond acceptors (Lipinski definition) is 4. The molecule has 22 heavy (non-hydrogen) atoms. The van der Waals surface area contributed by atoms with Crippen molar-refractivity contribution in [3.8, 4) is 0 Å². The summed E-state index contributed by atoms with van der Waals surface area (Å²) in [5.41, 5.74) is -0.224. The number of nitro benzene ring substituents is 1. The van der Waals surface area contributed by atoms with Gasteiger partial charge in [0.25, 0.3) is 11.6 Å². The topological polar surface area (TPSA) is 75.5 Å². The summed E-state index contributed by atoms with van der Waals surface area (Å²) < 4.78 is 0. The molecule has 0 bridgehead atoms. The van der Waals surface area contributed by atoms with Gasteiger partial charge in [-0.2, -0.15) is 0 Å². The number of likely N-dealkylation sites (tertiary alicyclic amines) is 1. The Balaban J connectivity index is 2.09. The van der Waals surface area contributed by atoms with E-state index in [0.717, 1.165) is 25.8 Å². The highest BCUT2D eigenvalue weighted by atomic mass is 35.5. The lowest BCUT2D eigenvalue weighted by Crippen LogP contribution is -2.39. The highest BCUT2D eigenvalue weighted by molar-refractivity contribution is 6.34. The van der Waals surface area contributed by atoms with Gasteiger partial charge in [0.05, 0.1) is 9.95 Å². The third-order valence-electron chi connectivity index (χ3n) is 4.11. The molecule has 0 atom stereocenters. The lowest BCUT2D eigenvalue weighted by Gasteiger charge is -2.32. The van der Waals surface area contributed by atoms with Gasteiger partial charge in [-0.3, -0.25) is 14.9 Å². The second-order valence-electron chi connectivity index (χ2n) is 5.52. The molecule has 1 heterocycles. The van der Waals surface area contributed by atoms with Crippen molar-refractivity contribution < 1.29 is 9.72 Å². The van der Waals surface area contributed by atoms with Crippen molar-refractivity contribution in [2.45, 2.75) is 19.3 Å². The van der Waals surface area contributed by atoms with Crippen molar-refractivity contribution >= 4 is 23.2 Å². The third-order valence-corrected chi connectivity index (χ3v) is 4.42. The van der Waals surface area contributed by atoms with Crippen LogP contribution in [0.4, 0.5) is 5.69 Å². The largest absolute Gasteiger partial charge is 0.338 e. The highest BCUT2D eigenvalue weighted by Gasteiger charge is 2.29. The second kappa shape index (κ2) is 7.56. The van der Waals surface area contributed by atoms with Crippen LogP contribution in [-0.4, -0.2) is 42.4 Å². The van der Waals surface area contributed by atoms with Crippen LogP contribution in [0.1, 0.15) is 29.6 Å². The Morgan fingerprint density at radius 1 is 1.45 bits per heavy atom. The second-order valence-corrected chi connectivity index (χ2v) is 5.93. The molecule has 1 saturated heterocycles. The van der Waals surface area contributed by atoms with E-state index in [-0.39, 0.29) is 22.2 Å². The molecule has 1 aliphatic rings. The predicted molar refractivity (Wildman–Crippen MR) is 85.3 cm³/mol. The first-order chi connectivity index (χ1) is 10.5. The number of nitrogens with one attached hydrogen (secondary N) is 1. The van der Waals surface area contributed by atoms with Crippen molar-refractivity contribution in [2.75, 3.05) is 26.7 Å². The van der Waals surface area contributed by atoms with Gasteiger partial charge in [-0.15, -0.1) is 0 Å². The van der Waals surface area contributed by atoms with Gasteiger partial charge < -0.3 is 10.2 Å². The summed E-state index contributed by atoms with van der Waals surface area (Å²) in [5, 5.41) is 14.4. The van der Waals surface area contributed by atoms with E-state index in [9.17, 15) is 14.9 Å². The first kappa shape index (κ1) is 16.7. The summed E-state index contributed by atoms with van der Waals surface area (Å²) in [6.45, 7) is 2.21. The van der Waals surface area contributed by atoms with Crippen LogP contribution in [0.15, 0.2) is 18.2 Å². The molecule has 1 aromatic carbocycles. The van der Waals surface area contributed by atoms with Crippen LogP contribution in [0.25, 0.3) is 0 Å². The van der Waals surface area contributed by atoms with E-state index in [1.165, 1.54) is 18.2 Å². The number of carbonyl (C=O) groups excluding carboxylic acids is 1. The average Bonchev–Trinajstić information content (AvgIpc) is 2.52. The normalized spacial score (nSPS) is 15.8. The maximum absolute atomic E-state index is 12.6. The molecule has 120 valence electrons. The van der Waals surface area contributed by atoms with E-state index in [2.05, 4.69) is 5.32 Å². The number of hydrogen-bond donors (Lipinski definition) is 1. The molecule has 0 radical (unpaired) electrons. The molecule has 7 heteroatoms.